The van der Waals surface area contributed by atoms with Crippen molar-refractivity contribution in [1.29, 1.82) is 0 Å². The summed E-state index contributed by atoms with van der Waals surface area (Å²) in [6.07, 6.45) is 0.158. The second-order valence-electron chi connectivity index (χ2n) is 3.22. The average molecular weight is 253 g/mol. The van der Waals surface area contributed by atoms with E-state index in [9.17, 15) is 12.8 Å². The maximum atomic E-state index is 12.8. The van der Waals surface area contributed by atoms with Crippen LogP contribution in [0.3, 0.4) is 0 Å². The predicted molar refractivity (Wildman–Crippen MR) is 56.1 cm³/mol. The summed E-state index contributed by atoms with van der Waals surface area (Å²) in [5.74, 6) is -1.44. The highest BCUT2D eigenvalue weighted by Crippen LogP contribution is 2.21. The Labute approximate surface area is 91.9 Å². The van der Waals surface area contributed by atoms with Crippen LogP contribution in [0.1, 0.15) is 11.1 Å². The fourth-order valence-electron chi connectivity index (χ4n) is 1.21. The van der Waals surface area contributed by atoms with Crippen LogP contribution in [0.4, 0.5) is 4.39 Å². The van der Waals surface area contributed by atoms with Crippen molar-refractivity contribution in [1.82, 2.24) is 0 Å². The highest BCUT2D eigenvalue weighted by molar-refractivity contribution is 8.13. The van der Waals surface area contributed by atoms with Crippen LogP contribution in [-0.2, 0) is 15.5 Å². The van der Waals surface area contributed by atoms with Gasteiger partial charge in [0.25, 0.3) is 0 Å². The van der Waals surface area contributed by atoms with E-state index in [1.54, 1.807) is 6.92 Å². The first-order valence-electron chi connectivity index (χ1n) is 4.20. The van der Waals surface area contributed by atoms with Crippen LogP contribution < -0.4 is 0 Å². The minimum atomic E-state index is -3.57. The number of phenolic OH excluding ortho intramolecular Hbond substituents is 1. The summed E-state index contributed by atoms with van der Waals surface area (Å²) in [5.41, 5.74) is 1.16. The molecule has 6 heteroatoms. The van der Waals surface area contributed by atoms with Gasteiger partial charge >= 0.3 is 0 Å². The Balaban J connectivity index is 2.91. The van der Waals surface area contributed by atoms with Gasteiger partial charge in [0.15, 0.2) is 11.6 Å². The number of phenols is 1. The van der Waals surface area contributed by atoms with Crippen molar-refractivity contribution in [3.8, 4) is 5.75 Å². The van der Waals surface area contributed by atoms with E-state index in [0.717, 1.165) is 6.07 Å². The quantitative estimate of drug-likeness (QED) is 0.837. The van der Waals surface area contributed by atoms with Crippen LogP contribution in [0.5, 0.6) is 5.75 Å². The Bertz CT molecular complexity index is 470. The van der Waals surface area contributed by atoms with E-state index in [4.69, 9.17) is 15.8 Å². The number of benzene rings is 1. The highest BCUT2D eigenvalue weighted by Gasteiger charge is 2.10. The fraction of sp³-hybridized carbons (Fsp3) is 0.333. The molecular formula is C9H10ClFO3S. The van der Waals surface area contributed by atoms with Crippen molar-refractivity contribution in [3.05, 3.63) is 29.1 Å². The number of halogens is 2. The van der Waals surface area contributed by atoms with Crippen LogP contribution in [0, 0.1) is 12.7 Å². The Morgan fingerprint density at radius 1 is 1.47 bits per heavy atom. The summed E-state index contributed by atoms with van der Waals surface area (Å²) in [6, 6.07) is 2.37. The molecule has 0 amide bonds. The average Bonchev–Trinajstić information content (AvgIpc) is 2.07. The van der Waals surface area contributed by atoms with Gasteiger partial charge < -0.3 is 5.11 Å². The van der Waals surface area contributed by atoms with E-state index in [0.29, 0.717) is 11.1 Å². The second kappa shape index (κ2) is 4.37. The van der Waals surface area contributed by atoms with E-state index in [2.05, 4.69) is 0 Å². The summed E-state index contributed by atoms with van der Waals surface area (Å²) in [5, 5.41) is 9.10. The number of aromatic hydroxyl groups is 1. The Morgan fingerprint density at radius 2 is 2.07 bits per heavy atom. The predicted octanol–water partition coefficient (Wildman–Crippen LogP) is 1.95. The lowest BCUT2D eigenvalue weighted by molar-refractivity contribution is 0.431. The molecule has 0 bridgehead atoms. The monoisotopic (exact) mass is 252 g/mol. The molecule has 1 aromatic carbocycles. The van der Waals surface area contributed by atoms with Gasteiger partial charge in [0.2, 0.25) is 9.05 Å². The molecule has 15 heavy (non-hydrogen) atoms. The van der Waals surface area contributed by atoms with E-state index in [1.165, 1.54) is 6.07 Å². The number of hydrogen-bond donors (Lipinski definition) is 1. The lowest BCUT2D eigenvalue weighted by atomic mass is 10.1. The van der Waals surface area contributed by atoms with E-state index in [-0.39, 0.29) is 12.2 Å². The molecule has 0 aliphatic heterocycles. The van der Waals surface area contributed by atoms with Crippen molar-refractivity contribution >= 4 is 19.7 Å². The van der Waals surface area contributed by atoms with Gasteiger partial charge in [-0.1, -0.05) is 0 Å². The molecule has 0 heterocycles. The molecule has 0 saturated carbocycles. The zero-order valence-electron chi connectivity index (χ0n) is 8.00. The van der Waals surface area contributed by atoms with Crippen molar-refractivity contribution in [3.63, 3.8) is 0 Å². The lowest BCUT2D eigenvalue weighted by Gasteiger charge is -2.05. The van der Waals surface area contributed by atoms with Crippen molar-refractivity contribution in [2.45, 2.75) is 13.3 Å². The molecule has 0 fully saturated rings. The van der Waals surface area contributed by atoms with Crippen molar-refractivity contribution in [2.75, 3.05) is 5.75 Å². The molecule has 1 aromatic rings. The Kier molecular flexibility index (Phi) is 3.57. The zero-order chi connectivity index (χ0) is 11.6. The number of aryl methyl sites for hydroxylation is 2. The largest absolute Gasteiger partial charge is 0.505 e. The van der Waals surface area contributed by atoms with Crippen LogP contribution in [0.25, 0.3) is 0 Å². The Morgan fingerprint density at radius 3 is 2.60 bits per heavy atom. The smallest absolute Gasteiger partial charge is 0.232 e. The first-order chi connectivity index (χ1) is 6.79. The summed E-state index contributed by atoms with van der Waals surface area (Å²) in [6.45, 7) is 1.64. The molecule has 0 saturated heterocycles. The molecule has 3 nitrogen and oxygen atoms in total. The summed E-state index contributed by atoms with van der Waals surface area (Å²) < 4.78 is 34.2. The summed E-state index contributed by atoms with van der Waals surface area (Å²) in [4.78, 5) is 0. The van der Waals surface area contributed by atoms with Gasteiger partial charge in [-0.3, -0.25) is 0 Å². The molecule has 84 valence electrons. The topological polar surface area (TPSA) is 54.4 Å². The normalized spacial score (nSPS) is 11.7. The van der Waals surface area contributed by atoms with Gasteiger partial charge in [0.1, 0.15) is 0 Å². The molecule has 0 aromatic heterocycles. The van der Waals surface area contributed by atoms with Crippen molar-refractivity contribution in [2.24, 2.45) is 0 Å². The van der Waals surface area contributed by atoms with Crippen LogP contribution in [0.15, 0.2) is 12.1 Å². The molecular weight excluding hydrogens is 243 g/mol. The van der Waals surface area contributed by atoms with Crippen LogP contribution in [-0.4, -0.2) is 19.3 Å². The van der Waals surface area contributed by atoms with Crippen molar-refractivity contribution < 1.29 is 17.9 Å². The maximum Gasteiger partial charge on any atom is 0.232 e. The second-order valence-corrected chi connectivity index (χ2v) is 6.12. The van der Waals surface area contributed by atoms with Gasteiger partial charge in [-0.2, -0.15) is 0 Å². The summed E-state index contributed by atoms with van der Waals surface area (Å²) in [7, 11) is 1.48. The third-order valence-electron chi connectivity index (χ3n) is 2.02. The lowest BCUT2D eigenvalue weighted by Crippen LogP contribution is -2.02. The van der Waals surface area contributed by atoms with Crippen LogP contribution >= 0.6 is 10.7 Å². The number of rotatable bonds is 3. The first-order valence-corrected chi connectivity index (χ1v) is 6.68. The maximum absolute atomic E-state index is 12.8. The Hall–Kier alpha value is -0.810. The first kappa shape index (κ1) is 12.3. The van der Waals surface area contributed by atoms with E-state index >= 15 is 0 Å². The van der Waals surface area contributed by atoms with Gasteiger partial charge in [-0.15, -0.1) is 0 Å². The molecule has 0 aliphatic carbocycles. The third-order valence-corrected chi connectivity index (χ3v) is 3.18. The van der Waals surface area contributed by atoms with Gasteiger partial charge in [-0.05, 0) is 36.6 Å². The zero-order valence-corrected chi connectivity index (χ0v) is 9.57. The minimum Gasteiger partial charge on any atom is -0.505 e. The minimum absolute atomic E-state index is 0.158. The van der Waals surface area contributed by atoms with Gasteiger partial charge in [0.05, 0.1) is 5.75 Å². The SMILES string of the molecule is Cc1cc(F)c(O)cc1CCS(=O)(=O)Cl. The van der Waals surface area contributed by atoms with Crippen LogP contribution in [0.2, 0.25) is 0 Å². The molecule has 0 unspecified atom stereocenters. The van der Waals surface area contributed by atoms with E-state index in [1.807, 2.05) is 0 Å². The molecule has 0 aliphatic rings. The van der Waals surface area contributed by atoms with Gasteiger partial charge in [0, 0.05) is 10.7 Å². The van der Waals surface area contributed by atoms with E-state index < -0.39 is 20.6 Å². The molecule has 0 atom stereocenters. The summed E-state index contributed by atoms with van der Waals surface area (Å²) >= 11 is 0. The van der Waals surface area contributed by atoms with Gasteiger partial charge in [-0.25, -0.2) is 12.8 Å². The molecule has 0 radical (unpaired) electrons. The highest BCUT2D eigenvalue weighted by atomic mass is 35.7. The number of hydrogen-bond acceptors (Lipinski definition) is 3. The third kappa shape index (κ3) is 3.68. The fourth-order valence-corrected chi connectivity index (χ4v) is 1.90. The standard InChI is InChI=1S/C9H10ClFO3S/c1-6-4-8(11)9(12)5-7(6)2-3-15(10,13)14/h4-5,12H,2-3H2,1H3. The molecule has 1 rings (SSSR count). The molecule has 1 N–H and O–H groups in total. The molecule has 0 spiro atoms.